The van der Waals surface area contributed by atoms with Crippen LogP contribution in [-0.4, -0.2) is 19.7 Å². The van der Waals surface area contributed by atoms with Gasteiger partial charge in [0, 0.05) is 16.5 Å². The number of hydrogen-bond donors (Lipinski definition) is 0. The first-order valence-electron chi connectivity index (χ1n) is 9.82. The van der Waals surface area contributed by atoms with E-state index < -0.39 is 17.4 Å². The first-order chi connectivity index (χ1) is 14.3. The summed E-state index contributed by atoms with van der Waals surface area (Å²) in [7, 11) is 0. The van der Waals surface area contributed by atoms with Crippen LogP contribution in [0.3, 0.4) is 0 Å². The van der Waals surface area contributed by atoms with Gasteiger partial charge >= 0.3 is 11.4 Å². The highest BCUT2D eigenvalue weighted by Gasteiger charge is 2.45. The van der Waals surface area contributed by atoms with E-state index >= 15 is 0 Å². The molecule has 6 nitrogen and oxygen atoms in total. The van der Waals surface area contributed by atoms with Crippen LogP contribution in [0.2, 0.25) is 0 Å². The molecule has 2 aliphatic rings. The molecule has 152 valence electrons. The normalized spacial score (nSPS) is 19.7. The molecule has 5 rings (SSSR count). The van der Waals surface area contributed by atoms with Gasteiger partial charge in [0.2, 0.25) is 0 Å². The van der Waals surface area contributed by atoms with Crippen molar-refractivity contribution in [3.05, 3.63) is 91.2 Å². The van der Waals surface area contributed by atoms with E-state index in [0.717, 1.165) is 10.0 Å². The van der Waals surface area contributed by atoms with Crippen molar-refractivity contribution in [2.24, 2.45) is 5.41 Å². The summed E-state index contributed by atoms with van der Waals surface area (Å²) >= 11 is 3.48. The van der Waals surface area contributed by atoms with Crippen molar-refractivity contribution in [1.29, 1.82) is 0 Å². The highest BCUT2D eigenvalue weighted by Crippen LogP contribution is 2.46. The number of Topliss-reactive ketones (excluding diaryl/α,β-unsaturated/α-hetero) is 1. The Morgan fingerprint density at radius 2 is 1.67 bits per heavy atom. The topological polar surface area (TPSA) is 66.0 Å². The summed E-state index contributed by atoms with van der Waals surface area (Å²) in [6.07, 6.45) is 0.944. The zero-order chi connectivity index (χ0) is 21.2. The monoisotopic (exact) mass is 465 g/mol. The van der Waals surface area contributed by atoms with Crippen LogP contribution in [0.5, 0.6) is 0 Å². The fourth-order valence-electron chi connectivity index (χ4n) is 4.63. The number of nitrogens with zero attached hydrogens (tertiary/aromatic N) is 3. The van der Waals surface area contributed by atoms with Crippen LogP contribution in [0, 0.1) is 5.41 Å². The van der Waals surface area contributed by atoms with Crippen molar-refractivity contribution in [2.75, 3.05) is 0 Å². The average Bonchev–Trinajstić information content (AvgIpc) is 3.15. The van der Waals surface area contributed by atoms with Crippen LogP contribution in [0.1, 0.15) is 38.3 Å². The Balaban J connectivity index is 1.85. The second-order valence-electron chi connectivity index (χ2n) is 8.65. The van der Waals surface area contributed by atoms with Crippen LogP contribution in [0.15, 0.2) is 74.2 Å². The number of aromatic nitrogens is 3. The lowest BCUT2D eigenvalue weighted by Crippen LogP contribution is -2.33. The van der Waals surface area contributed by atoms with Crippen LogP contribution < -0.4 is 11.4 Å². The number of allylic oxidation sites excluding steroid dienone is 2. The van der Waals surface area contributed by atoms with E-state index in [-0.39, 0.29) is 11.2 Å². The number of halogens is 1. The smallest absolute Gasteiger partial charge is 0.294 e. The Labute approximate surface area is 181 Å². The van der Waals surface area contributed by atoms with Crippen molar-refractivity contribution in [3.8, 4) is 5.69 Å². The van der Waals surface area contributed by atoms with Crippen LogP contribution in [0.25, 0.3) is 11.4 Å². The fraction of sp³-hybridized carbons (Fsp3) is 0.261. The quantitative estimate of drug-likeness (QED) is 0.578. The number of para-hydroxylation sites is 1. The molecule has 0 amide bonds. The summed E-state index contributed by atoms with van der Waals surface area (Å²) in [6.45, 7) is 4.03. The molecule has 7 heteroatoms. The summed E-state index contributed by atoms with van der Waals surface area (Å²) in [5.74, 6) is -0.00696. The molecule has 1 aliphatic carbocycles. The minimum Gasteiger partial charge on any atom is -0.294 e. The van der Waals surface area contributed by atoms with Gasteiger partial charge in [-0.2, -0.15) is 0 Å². The van der Waals surface area contributed by atoms with Crippen LogP contribution >= 0.6 is 15.9 Å². The summed E-state index contributed by atoms with van der Waals surface area (Å²) in [6, 6.07) is 15.8. The number of benzene rings is 2. The first-order valence-corrected chi connectivity index (χ1v) is 10.6. The molecule has 1 aromatic heterocycles. The van der Waals surface area contributed by atoms with Gasteiger partial charge in [0.25, 0.3) is 0 Å². The number of ketones is 1. The predicted molar refractivity (Wildman–Crippen MR) is 118 cm³/mol. The molecular weight excluding hydrogens is 446 g/mol. The van der Waals surface area contributed by atoms with E-state index in [4.69, 9.17) is 0 Å². The number of carbonyl (C=O) groups excluding carboxylic acids is 1. The van der Waals surface area contributed by atoms with Gasteiger partial charge in [-0.3, -0.25) is 4.79 Å². The van der Waals surface area contributed by atoms with Gasteiger partial charge in [0.15, 0.2) is 5.78 Å². The summed E-state index contributed by atoms with van der Waals surface area (Å²) in [4.78, 5) is 40.2. The first kappa shape index (κ1) is 19.1. The van der Waals surface area contributed by atoms with Crippen molar-refractivity contribution >= 4 is 27.4 Å². The molecule has 0 spiro atoms. The maximum Gasteiger partial charge on any atom is 0.356 e. The third-order valence-electron chi connectivity index (χ3n) is 5.82. The minimum atomic E-state index is -0.619. The van der Waals surface area contributed by atoms with Gasteiger partial charge < -0.3 is 0 Å². The Kier molecular flexibility index (Phi) is 4.15. The zero-order valence-corrected chi connectivity index (χ0v) is 18.2. The van der Waals surface area contributed by atoms with Gasteiger partial charge in [-0.05, 0) is 41.7 Å². The second kappa shape index (κ2) is 6.54. The van der Waals surface area contributed by atoms with E-state index in [2.05, 4.69) is 15.9 Å². The molecule has 2 aromatic carbocycles. The number of carbonyl (C=O) groups is 1. The van der Waals surface area contributed by atoms with Crippen molar-refractivity contribution in [1.82, 2.24) is 13.9 Å². The summed E-state index contributed by atoms with van der Waals surface area (Å²) in [5, 5.41) is 0. The van der Waals surface area contributed by atoms with Crippen molar-refractivity contribution in [3.63, 3.8) is 0 Å². The number of fused-ring (bicyclic) bond motifs is 2. The number of hydrogen-bond acceptors (Lipinski definition) is 3. The zero-order valence-electron chi connectivity index (χ0n) is 16.6. The fourth-order valence-corrected chi connectivity index (χ4v) is 5.05. The lowest BCUT2D eigenvalue weighted by Gasteiger charge is -2.30. The molecule has 2 heterocycles. The van der Waals surface area contributed by atoms with Gasteiger partial charge in [-0.25, -0.2) is 23.5 Å². The standard InChI is InChI=1S/C23H20BrN3O3/c1-23(2)12-17-19(18(28)13-23)20(14-7-6-8-15(24)11-14)27-22(30)25(21(29)26(17)27)16-9-4-3-5-10-16/h3-11,20H,12-13H2,1-2H3. The van der Waals surface area contributed by atoms with Gasteiger partial charge in [0.05, 0.1) is 11.4 Å². The minimum absolute atomic E-state index is 0.00696. The molecule has 0 N–H and O–H groups in total. The van der Waals surface area contributed by atoms with E-state index in [9.17, 15) is 14.4 Å². The Hall–Kier alpha value is -2.93. The molecule has 1 aliphatic heterocycles. The third-order valence-corrected chi connectivity index (χ3v) is 6.32. The molecule has 0 fully saturated rings. The maximum atomic E-state index is 13.5. The SMILES string of the molecule is CC1(C)CC(=O)C2=C(C1)n1c(=O)n(-c3ccccc3)c(=O)n1C2c1cccc(Br)c1. The average molecular weight is 466 g/mol. The third kappa shape index (κ3) is 2.72. The van der Waals surface area contributed by atoms with Gasteiger partial charge in [-0.1, -0.05) is 60.1 Å². The van der Waals surface area contributed by atoms with Crippen molar-refractivity contribution < 1.29 is 4.79 Å². The molecule has 0 saturated heterocycles. The molecule has 3 aromatic rings. The summed E-state index contributed by atoms with van der Waals surface area (Å²) in [5.41, 5.74) is 1.33. The van der Waals surface area contributed by atoms with Gasteiger partial charge in [0.1, 0.15) is 6.04 Å². The van der Waals surface area contributed by atoms with E-state index in [1.54, 1.807) is 24.3 Å². The van der Waals surface area contributed by atoms with Crippen LogP contribution in [-0.2, 0) is 4.79 Å². The van der Waals surface area contributed by atoms with Crippen molar-refractivity contribution in [2.45, 2.75) is 32.7 Å². The maximum absolute atomic E-state index is 13.5. The predicted octanol–water partition coefficient (Wildman–Crippen LogP) is 3.77. The lowest BCUT2D eigenvalue weighted by atomic mass is 9.74. The molecule has 1 unspecified atom stereocenters. The van der Waals surface area contributed by atoms with E-state index in [1.807, 2.05) is 44.2 Å². The second-order valence-corrected chi connectivity index (χ2v) is 9.57. The molecule has 30 heavy (non-hydrogen) atoms. The summed E-state index contributed by atoms with van der Waals surface area (Å²) < 4.78 is 4.90. The largest absolute Gasteiger partial charge is 0.356 e. The highest BCUT2D eigenvalue weighted by molar-refractivity contribution is 9.10. The molecular formula is C23H20BrN3O3. The van der Waals surface area contributed by atoms with E-state index in [0.29, 0.717) is 29.8 Å². The van der Waals surface area contributed by atoms with Gasteiger partial charge in [-0.15, -0.1) is 0 Å². The molecule has 0 bridgehead atoms. The van der Waals surface area contributed by atoms with Crippen LogP contribution in [0.4, 0.5) is 0 Å². The molecule has 0 saturated carbocycles. The molecule has 1 atom stereocenters. The highest BCUT2D eigenvalue weighted by atomic mass is 79.9. The Morgan fingerprint density at radius 3 is 2.37 bits per heavy atom. The molecule has 0 radical (unpaired) electrons. The number of rotatable bonds is 2. The Morgan fingerprint density at radius 1 is 0.933 bits per heavy atom. The lowest BCUT2D eigenvalue weighted by molar-refractivity contribution is -0.118. The van der Waals surface area contributed by atoms with E-state index in [1.165, 1.54) is 13.9 Å². The Bertz CT molecular complexity index is 1340.